The quantitative estimate of drug-likeness (QED) is 0.398. The van der Waals surface area contributed by atoms with Crippen LogP contribution in [0.5, 0.6) is 0 Å². The minimum Gasteiger partial charge on any atom is -0.314 e. The molecule has 0 saturated carbocycles. The first kappa shape index (κ1) is 29.1. The molecule has 0 radical (unpaired) electrons. The molecule has 0 bridgehead atoms. The summed E-state index contributed by atoms with van der Waals surface area (Å²) in [5.74, 6) is 0. The van der Waals surface area contributed by atoms with E-state index in [1.54, 1.807) is 0 Å². The molecule has 0 atom stereocenters. The summed E-state index contributed by atoms with van der Waals surface area (Å²) >= 11 is 0. The monoisotopic (exact) mass is 475 g/mol. The third kappa shape index (κ3) is 12.0. The fourth-order valence-electron chi connectivity index (χ4n) is 6.35. The number of hydrogen-bond donors (Lipinski definition) is 4. The number of unbranched alkanes of at least 4 members (excludes halogenated alkanes) is 3. The molecule has 3 rings (SSSR count). The van der Waals surface area contributed by atoms with Gasteiger partial charge in [-0.1, -0.05) is 12.8 Å². The van der Waals surface area contributed by atoms with Crippen molar-refractivity contribution in [1.82, 2.24) is 36.2 Å². The molecule has 0 aromatic carbocycles. The van der Waals surface area contributed by atoms with Crippen LogP contribution < -0.4 is 21.3 Å². The Morgan fingerprint density at radius 1 is 0.559 bits per heavy atom. The maximum atomic E-state index is 3.83. The lowest BCUT2D eigenvalue weighted by atomic mass is 9.79. The van der Waals surface area contributed by atoms with Gasteiger partial charge in [0.2, 0.25) is 0 Å². The number of nitrogens with one attached hydrogen (secondary N) is 4. The predicted octanol–water partition coefficient (Wildman–Crippen LogP) is 4.22. The molecule has 2 fully saturated rings. The second kappa shape index (κ2) is 12.7. The second-order valence-electron chi connectivity index (χ2n) is 13.1. The summed E-state index contributed by atoms with van der Waals surface area (Å²) in [5, 5.41) is 15.2. The van der Waals surface area contributed by atoms with Crippen molar-refractivity contribution < 1.29 is 0 Å². The van der Waals surface area contributed by atoms with Gasteiger partial charge in [-0.25, -0.2) is 15.0 Å². The van der Waals surface area contributed by atoms with Crippen LogP contribution in [-0.4, -0.2) is 62.3 Å². The maximum Gasteiger partial charge on any atom is 0.119 e. The summed E-state index contributed by atoms with van der Waals surface area (Å²) in [6.07, 6.45) is 14.5. The molecule has 0 spiro atoms. The summed E-state index contributed by atoms with van der Waals surface area (Å²) < 4.78 is 0. The van der Waals surface area contributed by atoms with Crippen LogP contribution in [0.1, 0.15) is 107 Å². The maximum absolute atomic E-state index is 3.83. The van der Waals surface area contributed by atoms with E-state index in [9.17, 15) is 0 Å². The molecule has 0 unspecified atom stereocenters. The Bertz CT molecular complexity index is 585. The van der Waals surface area contributed by atoms with Crippen LogP contribution in [-0.2, 0) is 0 Å². The van der Waals surface area contributed by atoms with Crippen LogP contribution in [0.15, 0.2) is 19.0 Å². The lowest BCUT2D eigenvalue weighted by Gasteiger charge is -2.47. The van der Waals surface area contributed by atoms with Crippen molar-refractivity contribution in [3.8, 4) is 0 Å². The Kier molecular flexibility index (Phi) is 10.9. The Hall–Kier alpha value is -1.15. The van der Waals surface area contributed by atoms with E-state index in [0.717, 1.165) is 0 Å². The summed E-state index contributed by atoms with van der Waals surface area (Å²) in [5.41, 5.74) is 0.956. The van der Waals surface area contributed by atoms with Crippen LogP contribution in [0, 0.1) is 0 Å². The van der Waals surface area contributed by atoms with Gasteiger partial charge in [-0.3, -0.25) is 0 Å². The molecule has 2 aliphatic heterocycles. The van der Waals surface area contributed by atoms with Gasteiger partial charge in [0.1, 0.15) is 19.0 Å². The van der Waals surface area contributed by atoms with E-state index in [1.807, 2.05) is 0 Å². The first-order valence-corrected chi connectivity index (χ1v) is 13.4. The number of hydrogen-bond acceptors (Lipinski definition) is 7. The molecule has 196 valence electrons. The first-order valence-electron chi connectivity index (χ1n) is 13.4. The average molecular weight is 476 g/mol. The molecular formula is C27H53N7. The van der Waals surface area contributed by atoms with Crippen molar-refractivity contribution in [2.75, 3.05) is 13.1 Å². The molecule has 34 heavy (non-hydrogen) atoms. The summed E-state index contributed by atoms with van der Waals surface area (Å²) in [4.78, 5) is 10.7. The van der Waals surface area contributed by atoms with Crippen molar-refractivity contribution in [2.24, 2.45) is 0 Å². The van der Waals surface area contributed by atoms with Gasteiger partial charge >= 0.3 is 0 Å². The molecule has 0 aliphatic carbocycles. The minimum absolute atomic E-state index is 0.239. The molecule has 4 N–H and O–H groups in total. The highest BCUT2D eigenvalue weighted by Gasteiger charge is 2.38. The van der Waals surface area contributed by atoms with Gasteiger partial charge in [-0.05, 0) is 107 Å². The van der Waals surface area contributed by atoms with E-state index in [0.29, 0.717) is 12.1 Å². The molecule has 2 saturated heterocycles. The van der Waals surface area contributed by atoms with Crippen LogP contribution in [0.25, 0.3) is 0 Å². The Balaban J connectivity index is 0.000000589. The largest absolute Gasteiger partial charge is 0.314 e. The second-order valence-corrected chi connectivity index (χ2v) is 13.1. The molecular weight excluding hydrogens is 422 g/mol. The van der Waals surface area contributed by atoms with Crippen molar-refractivity contribution >= 4 is 0 Å². The van der Waals surface area contributed by atoms with E-state index in [1.165, 1.54) is 83.4 Å². The van der Waals surface area contributed by atoms with Gasteiger partial charge in [0.15, 0.2) is 0 Å². The number of nitrogens with zero attached hydrogens (tertiary/aromatic N) is 3. The molecule has 7 nitrogen and oxygen atoms in total. The van der Waals surface area contributed by atoms with Crippen molar-refractivity contribution in [2.45, 2.75) is 141 Å². The fraction of sp³-hybridized carbons (Fsp3) is 0.889. The van der Waals surface area contributed by atoms with Gasteiger partial charge in [-0.15, -0.1) is 0 Å². The van der Waals surface area contributed by atoms with Crippen molar-refractivity contribution in [3.05, 3.63) is 19.0 Å². The zero-order chi connectivity index (χ0) is 25.3. The first-order chi connectivity index (χ1) is 15.8. The Labute approximate surface area is 209 Å². The highest BCUT2D eigenvalue weighted by Crippen LogP contribution is 2.29. The summed E-state index contributed by atoms with van der Waals surface area (Å²) in [6.45, 7) is 21.0. The molecule has 7 heteroatoms. The third-order valence-electron chi connectivity index (χ3n) is 6.75. The highest BCUT2D eigenvalue weighted by molar-refractivity contribution is 5.00. The summed E-state index contributed by atoms with van der Waals surface area (Å²) in [6, 6.07) is 1.30. The predicted molar refractivity (Wildman–Crippen MR) is 143 cm³/mol. The lowest BCUT2D eigenvalue weighted by Crippen LogP contribution is -2.61. The Morgan fingerprint density at radius 2 is 0.853 bits per heavy atom. The van der Waals surface area contributed by atoms with E-state index < -0.39 is 0 Å². The highest BCUT2D eigenvalue weighted by atomic mass is 15.1. The van der Waals surface area contributed by atoms with Gasteiger partial charge in [0.25, 0.3) is 0 Å². The van der Waals surface area contributed by atoms with E-state index >= 15 is 0 Å². The smallest absolute Gasteiger partial charge is 0.119 e. The van der Waals surface area contributed by atoms with Crippen LogP contribution in [0.4, 0.5) is 0 Å². The molecule has 1 aromatic heterocycles. The number of rotatable bonds is 9. The topological polar surface area (TPSA) is 86.8 Å². The van der Waals surface area contributed by atoms with E-state index in [2.05, 4.69) is 91.6 Å². The molecule has 2 aliphatic rings. The lowest BCUT2D eigenvalue weighted by molar-refractivity contribution is 0.145. The van der Waals surface area contributed by atoms with Gasteiger partial charge in [-0.2, -0.15) is 0 Å². The molecule has 1 aromatic rings. The minimum atomic E-state index is 0.239. The number of aromatic nitrogens is 3. The van der Waals surface area contributed by atoms with E-state index in [4.69, 9.17) is 0 Å². The van der Waals surface area contributed by atoms with E-state index in [-0.39, 0.29) is 22.2 Å². The molecule has 0 amide bonds. The van der Waals surface area contributed by atoms with Crippen molar-refractivity contribution in [3.63, 3.8) is 0 Å². The van der Waals surface area contributed by atoms with Crippen molar-refractivity contribution in [1.29, 1.82) is 0 Å². The number of piperidine rings is 2. The van der Waals surface area contributed by atoms with Gasteiger partial charge in [0.05, 0.1) is 0 Å². The Morgan fingerprint density at radius 3 is 1.12 bits per heavy atom. The van der Waals surface area contributed by atoms with Crippen LogP contribution in [0.3, 0.4) is 0 Å². The van der Waals surface area contributed by atoms with Gasteiger partial charge < -0.3 is 21.3 Å². The zero-order valence-electron chi connectivity index (χ0n) is 23.3. The zero-order valence-corrected chi connectivity index (χ0v) is 23.3. The normalized spacial score (nSPS) is 23.6. The average Bonchev–Trinajstić information content (AvgIpc) is 2.67. The van der Waals surface area contributed by atoms with Crippen LogP contribution >= 0.6 is 0 Å². The summed E-state index contributed by atoms with van der Waals surface area (Å²) in [7, 11) is 0. The molecule has 3 heterocycles. The third-order valence-corrected chi connectivity index (χ3v) is 6.75. The fourth-order valence-corrected chi connectivity index (χ4v) is 6.35. The standard InChI is InChI=1S/C24H50N4.C3H3N3/c1-21(2)15-19(16-22(3,4)27-21)25-13-11-9-10-12-14-26-20-17-23(5,6)28-24(7,8)18-20;1-4-2-6-3-5-1/h19-20,25-28H,9-18H2,1-8H3;1-3H. The van der Waals surface area contributed by atoms with Crippen LogP contribution in [0.2, 0.25) is 0 Å². The van der Waals surface area contributed by atoms with Gasteiger partial charge in [0, 0.05) is 34.2 Å². The SMILES string of the molecule is CC1(C)CC(NCCCCCCNC2CC(C)(C)NC(C)(C)C2)CC(C)(C)N1.c1ncncn1.